The Balaban J connectivity index is 2.43. The van der Waals surface area contributed by atoms with Crippen LogP contribution >= 0.6 is 0 Å². The van der Waals surface area contributed by atoms with Gasteiger partial charge in [-0.1, -0.05) is 143 Å². The van der Waals surface area contributed by atoms with Crippen LogP contribution in [0.25, 0.3) is 0 Å². The number of rotatable bonds is 31. The molecule has 1 rings (SSSR count). The second-order valence-corrected chi connectivity index (χ2v) is 13.7. The summed E-state index contributed by atoms with van der Waals surface area (Å²) < 4.78 is 0. The Morgan fingerprint density at radius 1 is 0.523 bits per heavy atom. The van der Waals surface area contributed by atoms with Crippen molar-refractivity contribution in [3.05, 3.63) is 0 Å². The van der Waals surface area contributed by atoms with Crippen LogP contribution in [0, 0.1) is 0 Å². The molecule has 4 atom stereocenters. The van der Waals surface area contributed by atoms with E-state index in [1.807, 2.05) is 0 Å². The van der Waals surface area contributed by atoms with Crippen LogP contribution in [-0.2, 0) is 9.59 Å². The lowest BCUT2D eigenvalue weighted by molar-refractivity contribution is -0.137. The molecule has 0 aromatic heterocycles. The van der Waals surface area contributed by atoms with Gasteiger partial charge in [0, 0.05) is 13.1 Å². The molecule has 4 N–H and O–H groups in total. The molecule has 0 bridgehead atoms. The van der Waals surface area contributed by atoms with E-state index in [2.05, 4.69) is 36.3 Å². The zero-order valence-corrected chi connectivity index (χ0v) is 29.3. The highest BCUT2D eigenvalue weighted by Crippen LogP contribution is 2.15. The van der Waals surface area contributed by atoms with E-state index in [0.29, 0.717) is 25.9 Å². The summed E-state index contributed by atoms with van der Waals surface area (Å²) in [5.41, 5.74) is 0. The number of hydrogen-bond acceptors (Lipinski definition) is 5. The fourth-order valence-corrected chi connectivity index (χ4v) is 6.43. The van der Waals surface area contributed by atoms with E-state index in [1.54, 1.807) is 0 Å². The van der Waals surface area contributed by atoms with Crippen LogP contribution in [0.3, 0.4) is 0 Å². The van der Waals surface area contributed by atoms with Gasteiger partial charge in [-0.2, -0.15) is 0 Å². The quantitative estimate of drug-likeness (QED) is 0.0590. The maximum atomic E-state index is 12.6. The number of aliphatic hydroxyl groups excluding tert-OH is 2. The maximum absolute atomic E-state index is 12.6. The molecular weight excluding hydrogens is 550 g/mol. The van der Waals surface area contributed by atoms with Crippen molar-refractivity contribution in [2.24, 2.45) is 0 Å². The van der Waals surface area contributed by atoms with E-state index in [-0.39, 0.29) is 24.0 Å². The van der Waals surface area contributed by atoms with Crippen molar-refractivity contribution in [2.75, 3.05) is 19.6 Å². The molecule has 4 unspecified atom stereocenters. The lowest BCUT2D eigenvalue weighted by Crippen LogP contribution is -2.61. The molecule has 0 radical (unpaired) electrons. The largest absolute Gasteiger partial charge is 0.392 e. The van der Waals surface area contributed by atoms with E-state index in [0.717, 1.165) is 64.3 Å². The fourth-order valence-electron chi connectivity index (χ4n) is 6.43. The molecule has 1 aliphatic heterocycles. The third-order valence-corrected chi connectivity index (χ3v) is 9.30. The van der Waals surface area contributed by atoms with Gasteiger partial charge in [0.2, 0.25) is 11.8 Å². The molecule has 0 spiro atoms. The van der Waals surface area contributed by atoms with Gasteiger partial charge < -0.3 is 20.8 Å². The highest BCUT2D eigenvalue weighted by Gasteiger charge is 2.32. The average molecular weight is 624 g/mol. The Hall–Kier alpha value is -1.18. The first-order chi connectivity index (χ1) is 21.4. The Morgan fingerprint density at radius 2 is 0.864 bits per heavy atom. The molecule has 44 heavy (non-hydrogen) atoms. The third kappa shape index (κ3) is 21.5. The van der Waals surface area contributed by atoms with Crippen molar-refractivity contribution < 1.29 is 19.8 Å². The second kappa shape index (κ2) is 28.1. The van der Waals surface area contributed by atoms with Gasteiger partial charge in [0.05, 0.1) is 12.2 Å². The molecule has 7 nitrogen and oxygen atoms in total. The number of hydrogen-bond donors (Lipinski definition) is 4. The second-order valence-electron chi connectivity index (χ2n) is 13.7. The number of nitrogens with zero attached hydrogens (tertiary/aromatic N) is 1. The number of amides is 2. The lowest BCUT2D eigenvalue weighted by Gasteiger charge is -2.30. The number of carbonyl (C=O) groups is 2. The summed E-state index contributed by atoms with van der Waals surface area (Å²) in [4.78, 5) is 27.4. The summed E-state index contributed by atoms with van der Waals surface area (Å²) in [5, 5.41) is 27.6. The lowest BCUT2D eigenvalue weighted by atomic mass is 10.0. The van der Waals surface area contributed by atoms with Crippen molar-refractivity contribution in [2.45, 2.75) is 206 Å². The van der Waals surface area contributed by atoms with Crippen LogP contribution in [0.2, 0.25) is 0 Å². The van der Waals surface area contributed by atoms with Crippen LogP contribution < -0.4 is 10.6 Å². The topological polar surface area (TPSA) is 102 Å². The van der Waals surface area contributed by atoms with Crippen LogP contribution in [-0.4, -0.2) is 70.9 Å². The summed E-state index contributed by atoms with van der Waals surface area (Å²) in [6.45, 7) is 8.59. The van der Waals surface area contributed by atoms with Gasteiger partial charge in [-0.25, -0.2) is 0 Å². The van der Waals surface area contributed by atoms with Crippen LogP contribution in [0.4, 0.5) is 0 Å². The van der Waals surface area contributed by atoms with Gasteiger partial charge in [-0.3, -0.25) is 14.5 Å². The van der Waals surface area contributed by atoms with Crippen molar-refractivity contribution in [1.29, 1.82) is 0 Å². The number of unbranched alkanes of at least 4 members (excludes halogenated alkanes) is 17. The van der Waals surface area contributed by atoms with Gasteiger partial charge in [0.15, 0.2) is 0 Å². The molecule has 0 aliphatic carbocycles. The zero-order chi connectivity index (χ0) is 32.3. The Kier molecular flexibility index (Phi) is 26.1. The summed E-state index contributed by atoms with van der Waals surface area (Å²) >= 11 is 0. The highest BCUT2D eigenvalue weighted by atomic mass is 16.3. The first-order valence-electron chi connectivity index (χ1n) is 19.1. The smallest absolute Gasteiger partial charge is 0.243 e. The predicted octanol–water partition coefficient (Wildman–Crippen LogP) is 7.81. The summed E-state index contributed by atoms with van der Waals surface area (Å²) in [6, 6.07) is -0.857. The molecule has 0 saturated carbocycles. The molecule has 7 heteroatoms. The highest BCUT2D eigenvalue weighted by molar-refractivity contribution is 5.96. The fraction of sp³-hybridized carbons (Fsp3) is 0.946. The Morgan fingerprint density at radius 3 is 1.27 bits per heavy atom. The third-order valence-electron chi connectivity index (χ3n) is 9.30. The minimum atomic E-state index is -0.460. The van der Waals surface area contributed by atoms with Crippen LogP contribution in [0.5, 0.6) is 0 Å². The number of carbonyl (C=O) groups excluding carboxylic acids is 2. The molecule has 1 heterocycles. The van der Waals surface area contributed by atoms with Gasteiger partial charge in [0.25, 0.3) is 0 Å². The molecule has 1 aliphatic rings. The van der Waals surface area contributed by atoms with E-state index in [4.69, 9.17) is 0 Å². The van der Waals surface area contributed by atoms with Crippen molar-refractivity contribution in [3.63, 3.8) is 0 Å². The van der Waals surface area contributed by atoms with E-state index in [9.17, 15) is 19.8 Å². The summed E-state index contributed by atoms with van der Waals surface area (Å²) in [6.07, 6.45) is 27.1. The van der Waals surface area contributed by atoms with Crippen LogP contribution in [0.1, 0.15) is 181 Å². The van der Waals surface area contributed by atoms with Crippen molar-refractivity contribution in [1.82, 2.24) is 15.5 Å². The number of nitrogens with one attached hydrogen (secondary N) is 2. The molecule has 1 saturated heterocycles. The summed E-state index contributed by atoms with van der Waals surface area (Å²) in [5.74, 6) is -0.120. The monoisotopic (exact) mass is 624 g/mol. The minimum absolute atomic E-state index is 0.0551. The summed E-state index contributed by atoms with van der Waals surface area (Å²) in [7, 11) is 0. The van der Waals surface area contributed by atoms with Crippen molar-refractivity contribution in [3.8, 4) is 0 Å². The first kappa shape index (κ1) is 40.8. The molecular formula is C37H73N3O4. The molecule has 1 fully saturated rings. The Bertz CT molecular complexity index is 664. The SMILES string of the molecule is CCCCCCCCCCC(O)CN(CCCCC1NC(=O)C(CCCCC)NC1=O)CC(O)CCCCCCCCCC. The minimum Gasteiger partial charge on any atom is -0.392 e. The van der Waals surface area contributed by atoms with Gasteiger partial charge >= 0.3 is 0 Å². The van der Waals surface area contributed by atoms with Crippen molar-refractivity contribution >= 4 is 11.8 Å². The predicted molar refractivity (Wildman–Crippen MR) is 185 cm³/mol. The zero-order valence-electron chi connectivity index (χ0n) is 29.3. The molecule has 2 amide bonds. The number of piperazine rings is 1. The van der Waals surface area contributed by atoms with E-state index in [1.165, 1.54) is 89.9 Å². The maximum Gasteiger partial charge on any atom is 0.243 e. The molecule has 0 aromatic rings. The van der Waals surface area contributed by atoms with Gasteiger partial charge in [-0.15, -0.1) is 0 Å². The number of aliphatic hydroxyl groups is 2. The van der Waals surface area contributed by atoms with Gasteiger partial charge in [0.1, 0.15) is 12.1 Å². The average Bonchev–Trinajstić information content (AvgIpc) is 3.00. The van der Waals surface area contributed by atoms with Crippen LogP contribution in [0.15, 0.2) is 0 Å². The Labute approximate surface area is 272 Å². The van der Waals surface area contributed by atoms with Gasteiger partial charge in [-0.05, 0) is 45.1 Å². The first-order valence-corrected chi connectivity index (χ1v) is 19.1. The standard InChI is InChI=1S/C37H73N3O4/c1-4-7-10-12-14-16-18-21-25-32(41)30-40(31-33(42)26-22-19-17-15-13-11-8-5-2)29-24-23-28-35-37(44)38-34(36(43)39-35)27-20-9-6-3/h32-35,41-42H,4-31H2,1-3H3,(H,38,44)(H,39,43). The van der Waals surface area contributed by atoms with E-state index >= 15 is 0 Å². The normalized spacial score (nSPS) is 18.4. The van der Waals surface area contributed by atoms with E-state index < -0.39 is 12.1 Å². The molecule has 260 valence electrons. The molecule has 0 aromatic carbocycles.